The summed E-state index contributed by atoms with van der Waals surface area (Å²) < 4.78 is 4.94. The highest BCUT2D eigenvalue weighted by Crippen LogP contribution is 2.15. The van der Waals surface area contributed by atoms with Crippen LogP contribution in [0.25, 0.3) is 0 Å². The summed E-state index contributed by atoms with van der Waals surface area (Å²) in [7, 11) is 1.62. The molecule has 0 aliphatic carbocycles. The van der Waals surface area contributed by atoms with E-state index in [9.17, 15) is 9.59 Å². The number of carbonyl (C=O) groups is 2. The lowest BCUT2D eigenvalue weighted by molar-refractivity contribution is -0.125. The lowest BCUT2D eigenvalue weighted by Crippen LogP contribution is -2.34. The van der Waals surface area contributed by atoms with Gasteiger partial charge in [0.25, 0.3) is 0 Å². The van der Waals surface area contributed by atoms with Crippen LogP contribution in [0.15, 0.2) is 0 Å². The Morgan fingerprint density at radius 1 is 1.58 bits per heavy atom. The predicted molar refractivity (Wildman–Crippen MR) is 39.5 cm³/mol. The molecule has 12 heavy (non-hydrogen) atoms. The standard InChI is InChI=1S/C7H10N2O3/c1-8-3-6(10)9(7(8)11)2-5-4-12-5/h5H,2-4H2,1H3. The van der Waals surface area contributed by atoms with Gasteiger partial charge in [-0.3, -0.25) is 9.69 Å². The van der Waals surface area contributed by atoms with Crippen LogP contribution in [-0.2, 0) is 9.53 Å². The first-order chi connectivity index (χ1) is 5.68. The first-order valence-electron chi connectivity index (χ1n) is 3.85. The molecule has 0 radical (unpaired) electrons. The van der Waals surface area contributed by atoms with Gasteiger partial charge in [0, 0.05) is 7.05 Å². The molecule has 2 heterocycles. The van der Waals surface area contributed by atoms with Gasteiger partial charge in [-0.1, -0.05) is 0 Å². The fourth-order valence-electron chi connectivity index (χ4n) is 1.23. The Labute approximate surface area is 69.9 Å². The number of epoxide rings is 1. The zero-order valence-corrected chi connectivity index (χ0v) is 6.82. The van der Waals surface area contributed by atoms with Crippen LogP contribution in [0.1, 0.15) is 0 Å². The highest BCUT2D eigenvalue weighted by Gasteiger charge is 2.37. The van der Waals surface area contributed by atoms with Gasteiger partial charge in [-0.05, 0) is 0 Å². The zero-order valence-electron chi connectivity index (χ0n) is 6.82. The minimum Gasteiger partial charge on any atom is -0.371 e. The van der Waals surface area contributed by atoms with E-state index in [1.807, 2.05) is 0 Å². The fraction of sp³-hybridized carbons (Fsp3) is 0.714. The summed E-state index contributed by atoms with van der Waals surface area (Å²) in [6, 6.07) is -0.212. The number of carbonyl (C=O) groups excluding carboxylic acids is 2. The van der Waals surface area contributed by atoms with E-state index in [4.69, 9.17) is 4.74 Å². The van der Waals surface area contributed by atoms with Crippen LogP contribution < -0.4 is 0 Å². The molecule has 2 rings (SSSR count). The number of hydrogen-bond acceptors (Lipinski definition) is 3. The third-order valence-corrected chi connectivity index (χ3v) is 2.02. The van der Waals surface area contributed by atoms with Crippen molar-refractivity contribution in [2.24, 2.45) is 0 Å². The maximum absolute atomic E-state index is 11.3. The van der Waals surface area contributed by atoms with Crippen molar-refractivity contribution in [3.8, 4) is 0 Å². The Kier molecular flexibility index (Phi) is 1.54. The molecule has 3 amide bonds. The molecular weight excluding hydrogens is 160 g/mol. The van der Waals surface area contributed by atoms with Crippen molar-refractivity contribution in [2.75, 3.05) is 26.7 Å². The van der Waals surface area contributed by atoms with Crippen LogP contribution in [0.2, 0.25) is 0 Å². The highest BCUT2D eigenvalue weighted by atomic mass is 16.6. The monoisotopic (exact) mass is 170 g/mol. The van der Waals surface area contributed by atoms with E-state index < -0.39 is 0 Å². The highest BCUT2D eigenvalue weighted by molar-refractivity contribution is 6.01. The van der Waals surface area contributed by atoms with Crippen molar-refractivity contribution in [3.05, 3.63) is 0 Å². The van der Waals surface area contributed by atoms with Crippen LogP contribution in [0.3, 0.4) is 0 Å². The predicted octanol–water partition coefficient (Wildman–Crippen LogP) is -0.721. The second-order valence-corrected chi connectivity index (χ2v) is 3.10. The summed E-state index contributed by atoms with van der Waals surface area (Å²) in [4.78, 5) is 25.1. The molecule has 66 valence electrons. The third kappa shape index (κ3) is 1.16. The van der Waals surface area contributed by atoms with Gasteiger partial charge in [0.15, 0.2) is 0 Å². The van der Waals surface area contributed by atoms with Gasteiger partial charge in [0.1, 0.15) is 6.54 Å². The van der Waals surface area contributed by atoms with Gasteiger partial charge >= 0.3 is 6.03 Å². The number of nitrogens with zero attached hydrogens (tertiary/aromatic N) is 2. The van der Waals surface area contributed by atoms with Crippen LogP contribution in [0.5, 0.6) is 0 Å². The topological polar surface area (TPSA) is 53.2 Å². The molecule has 5 heteroatoms. The van der Waals surface area contributed by atoms with E-state index in [1.165, 1.54) is 9.80 Å². The number of urea groups is 1. The minimum atomic E-state index is -0.212. The van der Waals surface area contributed by atoms with Crippen molar-refractivity contribution < 1.29 is 14.3 Å². The van der Waals surface area contributed by atoms with Crippen LogP contribution in [0, 0.1) is 0 Å². The van der Waals surface area contributed by atoms with E-state index in [0.717, 1.165) is 0 Å². The first-order valence-corrected chi connectivity index (χ1v) is 3.85. The molecule has 0 aromatic heterocycles. The SMILES string of the molecule is CN1CC(=O)N(CC2CO2)C1=O. The number of rotatable bonds is 2. The van der Waals surface area contributed by atoms with Gasteiger partial charge in [-0.15, -0.1) is 0 Å². The van der Waals surface area contributed by atoms with E-state index >= 15 is 0 Å². The number of amides is 3. The molecule has 1 atom stereocenters. The largest absolute Gasteiger partial charge is 0.371 e. The Morgan fingerprint density at radius 3 is 2.67 bits per heavy atom. The number of imide groups is 1. The molecule has 0 bridgehead atoms. The maximum atomic E-state index is 11.3. The van der Waals surface area contributed by atoms with Gasteiger partial charge in [0.2, 0.25) is 5.91 Å². The van der Waals surface area contributed by atoms with E-state index in [1.54, 1.807) is 7.05 Å². The molecule has 5 nitrogen and oxygen atoms in total. The van der Waals surface area contributed by atoms with Crippen molar-refractivity contribution in [3.63, 3.8) is 0 Å². The van der Waals surface area contributed by atoms with Crippen molar-refractivity contribution in [1.29, 1.82) is 0 Å². The Balaban J connectivity index is 2.02. The molecule has 2 fully saturated rings. The summed E-state index contributed by atoms with van der Waals surface area (Å²) in [6.45, 7) is 1.29. The summed E-state index contributed by atoms with van der Waals surface area (Å²) in [5, 5.41) is 0. The van der Waals surface area contributed by atoms with E-state index in [0.29, 0.717) is 13.2 Å². The van der Waals surface area contributed by atoms with Gasteiger partial charge in [-0.25, -0.2) is 4.79 Å². The maximum Gasteiger partial charge on any atom is 0.327 e. The average Bonchev–Trinajstić information content (AvgIpc) is 2.77. The normalized spacial score (nSPS) is 28.6. The van der Waals surface area contributed by atoms with E-state index in [-0.39, 0.29) is 24.6 Å². The van der Waals surface area contributed by atoms with Crippen LogP contribution in [-0.4, -0.2) is 54.6 Å². The fourth-order valence-corrected chi connectivity index (χ4v) is 1.23. The van der Waals surface area contributed by atoms with Crippen LogP contribution >= 0.6 is 0 Å². The molecule has 2 aliphatic rings. The third-order valence-electron chi connectivity index (χ3n) is 2.02. The van der Waals surface area contributed by atoms with Gasteiger partial charge < -0.3 is 9.64 Å². The number of hydrogen-bond donors (Lipinski definition) is 0. The molecule has 1 unspecified atom stereocenters. The summed E-state index contributed by atoms with van der Waals surface area (Å²) >= 11 is 0. The number of ether oxygens (including phenoxy) is 1. The molecule has 0 saturated carbocycles. The molecule has 0 aromatic rings. The smallest absolute Gasteiger partial charge is 0.327 e. The van der Waals surface area contributed by atoms with Crippen LogP contribution in [0.4, 0.5) is 4.79 Å². The molecule has 0 spiro atoms. The quantitative estimate of drug-likeness (QED) is 0.406. The molecule has 0 aromatic carbocycles. The number of likely N-dealkylation sites (N-methyl/N-ethyl adjacent to an activating group) is 1. The second-order valence-electron chi connectivity index (χ2n) is 3.10. The lowest BCUT2D eigenvalue weighted by atomic mass is 10.4. The molecular formula is C7H10N2O3. The average molecular weight is 170 g/mol. The van der Waals surface area contributed by atoms with Crippen molar-refractivity contribution >= 4 is 11.9 Å². The summed E-state index contributed by atoms with van der Waals surface area (Å²) in [5.74, 6) is -0.127. The summed E-state index contributed by atoms with van der Waals surface area (Å²) in [5.41, 5.74) is 0. The van der Waals surface area contributed by atoms with Crippen molar-refractivity contribution in [1.82, 2.24) is 9.80 Å². The Bertz CT molecular complexity index is 237. The Hall–Kier alpha value is -1.10. The zero-order chi connectivity index (χ0) is 8.72. The molecule has 0 N–H and O–H groups in total. The van der Waals surface area contributed by atoms with Crippen molar-refractivity contribution in [2.45, 2.75) is 6.10 Å². The lowest BCUT2D eigenvalue weighted by Gasteiger charge is -2.11. The molecule has 2 aliphatic heterocycles. The van der Waals surface area contributed by atoms with E-state index in [2.05, 4.69) is 0 Å². The minimum absolute atomic E-state index is 0.0874. The van der Waals surface area contributed by atoms with Gasteiger partial charge in [-0.2, -0.15) is 0 Å². The second kappa shape index (κ2) is 2.45. The Morgan fingerprint density at radius 2 is 2.25 bits per heavy atom. The van der Waals surface area contributed by atoms with Gasteiger partial charge in [0.05, 0.1) is 19.3 Å². The molecule has 2 saturated heterocycles. The first kappa shape index (κ1) is 7.54. The summed E-state index contributed by atoms with van der Waals surface area (Å²) in [6.07, 6.45) is 0.0874.